The van der Waals surface area contributed by atoms with Crippen molar-refractivity contribution in [2.45, 2.75) is 12.8 Å². The number of methoxy groups -OCH3 is 1. The van der Waals surface area contributed by atoms with E-state index in [4.69, 9.17) is 4.74 Å². The van der Waals surface area contributed by atoms with Crippen LogP contribution >= 0.6 is 11.3 Å². The zero-order valence-electron chi connectivity index (χ0n) is 14.8. The molecule has 27 heavy (non-hydrogen) atoms. The molecule has 1 heterocycles. The molecule has 2 amide bonds. The molecule has 3 aromatic rings. The largest absolute Gasteiger partial charge is 0.495 e. The van der Waals surface area contributed by atoms with Crippen LogP contribution in [-0.2, 0) is 11.2 Å². The van der Waals surface area contributed by atoms with Gasteiger partial charge in [0.1, 0.15) is 5.75 Å². The molecule has 0 atom stereocenters. The summed E-state index contributed by atoms with van der Waals surface area (Å²) >= 11 is 1.34. The Bertz CT molecular complexity index is 925. The van der Waals surface area contributed by atoms with Crippen molar-refractivity contribution in [1.29, 1.82) is 0 Å². The molecule has 7 heteroatoms. The number of para-hydroxylation sites is 2. The number of nitrogens with one attached hydrogen (secondary N) is 2. The SMILES string of the molecule is COc1ccccc1NC(=O)CCc1csc(NC(=O)c2ccccc2)n1. The number of anilines is 2. The van der Waals surface area contributed by atoms with Crippen LogP contribution in [0.25, 0.3) is 0 Å². The highest BCUT2D eigenvalue weighted by atomic mass is 32.1. The van der Waals surface area contributed by atoms with Crippen molar-refractivity contribution in [2.24, 2.45) is 0 Å². The summed E-state index contributed by atoms with van der Waals surface area (Å²) in [6, 6.07) is 16.2. The quantitative estimate of drug-likeness (QED) is 0.649. The van der Waals surface area contributed by atoms with E-state index in [9.17, 15) is 9.59 Å². The third-order valence-electron chi connectivity index (χ3n) is 3.80. The van der Waals surface area contributed by atoms with Crippen molar-refractivity contribution in [3.8, 4) is 5.75 Å². The van der Waals surface area contributed by atoms with Crippen LogP contribution in [0.15, 0.2) is 60.0 Å². The van der Waals surface area contributed by atoms with Crippen LogP contribution in [0.4, 0.5) is 10.8 Å². The number of benzene rings is 2. The molecule has 0 radical (unpaired) electrons. The summed E-state index contributed by atoms with van der Waals surface area (Å²) in [4.78, 5) is 28.7. The Morgan fingerprint density at radius 3 is 2.56 bits per heavy atom. The maximum absolute atomic E-state index is 12.2. The molecule has 2 N–H and O–H groups in total. The zero-order chi connectivity index (χ0) is 19.1. The third-order valence-corrected chi connectivity index (χ3v) is 4.60. The lowest BCUT2D eigenvalue weighted by molar-refractivity contribution is -0.116. The van der Waals surface area contributed by atoms with Crippen molar-refractivity contribution in [3.05, 3.63) is 71.2 Å². The summed E-state index contributed by atoms with van der Waals surface area (Å²) in [6.07, 6.45) is 0.770. The van der Waals surface area contributed by atoms with Gasteiger partial charge in [0.2, 0.25) is 5.91 Å². The predicted octanol–water partition coefficient (Wildman–Crippen LogP) is 3.98. The molecular weight excluding hydrogens is 362 g/mol. The Balaban J connectivity index is 1.52. The Labute approximate surface area is 161 Å². The monoisotopic (exact) mass is 381 g/mol. The lowest BCUT2D eigenvalue weighted by atomic mass is 10.2. The summed E-state index contributed by atoms with van der Waals surface area (Å²) in [6.45, 7) is 0. The molecule has 6 nitrogen and oxygen atoms in total. The number of carbonyl (C=O) groups excluding carboxylic acids is 2. The Morgan fingerprint density at radius 1 is 1.04 bits per heavy atom. The van der Waals surface area contributed by atoms with E-state index >= 15 is 0 Å². The molecule has 0 fully saturated rings. The molecule has 138 valence electrons. The normalized spacial score (nSPS) is 10.3. The number of amides is 2. The van der Waals surface area contributed by atoms with Crippen molar-refractivity contribution in [1.82, 2.24) is 4.98 Å². The number of rotatable bonds is 7. The zero-order valence-corrected chi connectivity index (χ0v) is 15.6. The Morgan fingerprint density at radius 2 is 1.78 bits per heavy atom. The van der Waals surface area contributed by atoms with Gasteiger partial charge in [-0.25, -0.2) is 4.98 Å². The van der Waals surface area contributed by atoms with Crippen LogP contribution in [0, 0.1) is 0 Å². The van der Waals surface area contributed by atoms with Crippen LogP contribution in [0.5, 0.6) is 5.75 Å². The standard InChI is InChI=1S/C20H19N3O3S/c1-26-17-10-6-5-9-16(17)22-18(24)12-11-15-13-27-20(21-15)23-19(25)14-7-3-2-4-8-14/h2-10,13H,11-12H2,1H3,(H,22,24)(H,21,23,25). The Hall–Kier alpha value is -3.19. The average Bonchev–Trinajstić information content (AvgIpc) is 3.15. The topological polar surface area (TPSA) is 80.3 Å². The smallest absolute Gasteiger partial charge is 0.257 e. The van der Waals surface area contributed by atoms with Gasteiger partial charge in [-0.3, -0.25) is 14.9 Å². The predicted molar refractivity (Wildman–Crippen MR) is 106 cm³/mol. The van der Waals surface area contributed by atoms with Crippen molar-refractivity contribution in [3.63, 3.8) is 0 Å². The van der Waals surface area contributed by atoms with Gasteiger partial charge in [0.25, 0.3) is 5.91 Å². The fourth-order valence-corrected chi connectivity index (χ4v) is 3.18. The van der Waals surface area contributed by atoms with Crippen molar-refractivity contribution < 1.29 is 14.3 Å². The summed E-state index contributed by atoms with van der Waals surface area (Å²) in [7, 11) is 1.56. The van der Waals surface area contributed by atoms with Gasteiger partial charge in [-0.2, -0.15) is 0 Å². The number of ether oxygens (including phenoxy) is 1. The van der Waals surface area contributed by atoms with Gasteiger partial charge in [0.15, 0.2) is 5.13 Å². The number of hydrogen-bond donors (Lipinski definition) is 2. The van der Waals surface area contributed by atoms with Gasteiger partial charge in [0.05, 0.1) is 18.5 Å². The van der Waals surface area contributed by atoms with E-state index in [1.807, 2.05) is 35.7 Å². The fourth-order valence-electron chi connectivity index (χ4n) is 2.44. The van der Waals surface area contributed by atoms with Gasteiger partial charge in [-0.1, -0.05) is 30.3 Å². The molecule has 1 aromatic heterocycles. The minimum atomic E-state index is -0.203. The molecule has 0 saturated carbocycles. The van der Waals surface area contributed by atoms with E-state index < -0.39 is 0 Å². The van der Waals surface area contributed by atoms with E-state index in [-0.39, 0.29) is 18.2 Å². The van der Waals surface area contributed by atoms with Crippen LogP contribution in [0.3, 0.4) is 0 Å². The highest BCUT2D eigenvalue weighted by Crippen LogP contribution is 2.23. The molecule has 0 bridgehead atoms. The summed E-state index contributed by atoms with van der Waals surface area (Å²) in [5.74, 6) is 0.290. The van der Waals surface area contributed by atoms with Gasteiger partial charge in [-0.05, 0) is 30.7 Å². The fraction of sp³-hybridized carbons (Fsp3) is 0.150. The van der Waals surface area contributed by atoms with Crippen LogP contribution in [0.2, 0.25) is 0 Å². The second-order valence-corrected chi connectivity index (χ2v) is 6.57. The maximum Gasteiger partial charge on any atom is 0.257 e. The minimum absolute atomic E-state index is 0.123. The molecule has 3 rings (SSSR count). The maximum atomic E-state index is 12.2. The molecule has 0 aliphatic carbocycles. The number of thiazole rings is 1. The van der Waals surface area contributed by atoms with E-state index in [0.29, 0.717) is 28.6 Å². The molecule has 0 saturated heterocycles. The highest BCUT2D eigenvalue weighted by molar-refractivity contribution is 7.14. The summed E-state index contributed by atoms with van der Waals surface area (Å²) < 4.78 is 5.22. The molecular formula is C20H19N3O3S. The first-order chi connectivity index (χ1) is 13.2. The first-order valence-electron chi connectivity index (χ1n) is 8.39. The first-order valence-corrected chi connectivity index (χ1v) is 9.27. The van der Waals surface area contributed by atoms with Crippen LogP contribution in [0.1, 0.15) is 22.5 Å². The van der Waals surface area contributed by atoms with Crippen molar-refractivity contribution in [2.75, 3.05) is 17.7 Å². The van der Waals surface area contributed by atoms with Gasteiger partial charge < -0.3 is 10.1 Å². The summed E-state index contributed by atoms with van der Waals surface area (Å²) in [5.41, 5.74) is 1.98. The first kappa shape index (κ1) is 18.6. The minimum Gasteiger partial charge on any atom is -0.495 e. The molecule has 0 aliphatic heterocycles. The average molecular weight is 381 g/mol. The van der Waals surface area contributed by atoms with Gasteiger partial charge in [-0.15, -0.1) is 11.3 Å². The van der Waals surface area contributed by atoms with E-state index in [2.05, 4.69) is 15.6 Å². The van der Waals surface area contributed by atoms with Gasteiger partial charge >= 0.3 is 0 Å². The van der Waals surface area contributed by atoms with Gasteiger partial charge in [0, 0.05) is 17.4 Å². The second-order valence-electron chi connectivity index (χ2n) is 5.71. The number of hydrogen-bond acceptors (Lipinski definition) is 5. The molecule has 2 aromatic carbocycles. The molecule has 0 unspecified atom stereocenters. The number of nitrogens with zero attached hydrogens (tertiary/aromatic N) is 1. The second kappa shape index (κ2) is 8.95. The number of aryl methyl sites for hydroxylation is 1. The van der Waals surface area contributed by atoms with Crippen LogP contribution < -0.4 is 15.4 Å². The number of aromatic nitrogens is 1. The lowest BCUT2D eigenvalue weighted by Crippen LogP contribution is -2.13. The molecule has 0 spiro atoms. The van der Waals surface area contributed by atoms with E-state index in [1.54, 1.807) is 31.4 Å². The van der Waals surface area contributed by atoms with Crippen molar-refractivity contribution >= 4 is 34.0 Å². The van der Waals surface area contributed by atoms with Crippen LogP contribution in [-0.4, -0.2) is 23.9 Å². The van der Waals surface area contributed by atoms with E-state index in [1.165, 1.54) is 11.3 Å². The Kier molecular flexibility index (Phi) is 6.17. The highest BCUT2D eigenvalue weighted by Gasteiger charge is 2.11. The third kappa shape index (κ3) is 5.15. The molecule has 0 aliphatic rings. The number of carbonyl (C=O) groups is 2. The summed E-state index contributed by atoms with van der Waals surface area (Å²) in [5, 5.41) is 7.97. The van der Waals surface area contributed by atoms with E-state index in [0.717, 1.165) is 5.69 Å². The lowest BCUT2D eigenvalue weighted by Gasteiger charge is -2.09.